The molecule has 2 aliphatic rings. The number of fused-ring (bicyclic) bond motifs is 1. The van der Waals surface area contributed by atoms with Crippen molar-refractivity contribution in [2.24, 2.45) is 5.41 Å². The third kappa shape index (κ3) is 4.24. The zero-order chi connectivity index (χ0) is 20.3. The van der Waals surface area contributed by atoms with Gasteiger partial charge in [-0.15, -0.1) is 0 Å². The monoisotopic (exact) mass is 393 g/mol. The van der Waals surface area contributed by atoms with Crippen LogP contribution in [0.1, 0.15) is 49.7 Å². The molecule has 1 unspecified atom stereocenters. The topological polar surface area (TPSA) is 54.3 Å². The maximum Gasteiger partial charge on any atom is 0.242 e. The molecule has 5 heteroatoms. The molecule has 2 aromatic rings. The normalized spacial score (nSPS) is 20.7. The van der Waals surface area contributed by atoms with Gasteiger partial charge in [-0.1, -0.05) is 43.5 Å². The van der Waals surface area contributed by atoms with E-state index in [0.29, 0.717) is 19.4 Å². The van der Waals surface area contributed by atoms with E-state index in [0.717, 1.165) is 24.9 Å². The summed E-state index contributed by atoms with van der Waals surface area (Å²) in [5, 5.41) is 2.76. The van der Waals surface area contributed by atoms with Crippen LogP contribution in [0.3, 0.4) is 0 Å². The van der Waals surface area contributed by atoms with Crippen LogP contribution >= 0.6 is 0 Å². The second-order valence-electron chi connectivity index (χ2n) is 8.72. The summed E-state index contributed by atoms with van der Waals surface area (Å²) >= 11 is 0. The summed E-state index contributed by atoms with van der Waals surface area (Å²) in [6, 6.07) is 11.8. The number of amides is 2. The first kappa shape index (κ1) is 19.7. The van der Waals surface area contributed by atoms with Crippen molar-refractivity contribution in [2.45, 2.75) is 64.1 Å². The van der Waals surface area contributed by atoms with Gasteiger partial charge >= 0.3 is 0 Å². The van der Waals surface area contributed by atoms with Crippen LogP contribution in [0.15, 0.2) is 48.8 Å². The van der Waals surface area contributed by atoms with Crippen LogP contribution in [0.2, 0.25) is 0 Å². The van der Waals surface area contributed by atoms with Crippen molar-refractivity contribution in [3.05, 3.63) is 59.9 Å². The number of nitrogens with zero attached hydrogens (tertiary/aromatic N) is 2. The summed E-state index contributed by atoms with van der Waals surface area (Å²) in [4.78, 5) is 28.0. The molecule has 0 bridgehead atoms. The molecule has 4 rings (SSSR count). The van der Waals surface area contributed by atoms with Gasteiger partial charge in [0.2, 0.25) is 11.8 Å². The maximum absolute atomic E-state index is 13.6. The number of rotatable bonds is 5. The fourth-order valence-electron chi connectivity index (χ4n) is 5.16. The Morgan fingerprint density at radius 1 is 1.03 bits per heavy atom. The Morgan fingerprint density at radius 2 is 1.72 bits per heavy atom. The van der Waals surface area contributed by atoms with Crippen molar-refractivity contribution in [1.29, 1.82) is 0 Å². The van der Waals surface area contributed by atoms with E-state index in [9.17, 15) is 9.59 Å². The van der Waals surface area contributed by atoms with Crippen LogP contribution in [0.5, 0.6) is 0 Å². The van der Waals surface area contributed by atoms with Crippen LogP contribution in [0, 0.1) is 5.41 Å². The Hall–Kier alpha value is -2.56. The van der Waals surface area contributed by atoms with Crippen LogP contribution in [-0.4, -0.2) is 34.4 Å². The number of nitrogens with one attached hydrogen (secondary N) is 1. The van der Waals surface area contributed by atoms with Crippen molar-refractivity contribution in [3.8, 4) is 0 Å². The van der Waals surface area contributed by atoms with E-state index in [1.807, 2.05) is 29.2 Å². The first-order valence-electron chi connectivity index (χ1n) is 10.8. The zero-order valence-corrected chi connectivity index (χ0v) is 17.3. The van der Waals surface area contributed by atoms with Gasteiger partial charge in [-0.2, -0.15) is 0 Å². The molecule has 1 fully saturated rings. The highest BCUT2D eigenvalue weighted by Gasteiger charge is 2.40. The SMILES string of the molecule is CNC(=O)C1Cc2ccccc2CN1C(=O)CC1(Cn2cccc2)CCCCC1. The van der Waals surface area contributed by atoms with Gasteiger partial charge in [0.1, 0.15) is 6.04 Å². The van der Waals surface area contributed by atoms with E-state index in [4.69, 9.17) is 0 Å². The second-order valence-corrected chi connectivity index (χ2v) is 8.72. The summed E-state index contributed by atoms with van der Waals surface area (Å²) < 4.78 is 2.21. The average molecular weight is 394 g/mol. The third-order valence-corrected chi connectivity index (χ3v) is 6.74. The predicted octanol–water partition coefficient (Wildman–Crippen LogP) is 3.53. The molecule has 154 valence electrons. The van der Waals surface area contributed by atoms with Crippen molar-refractivity contribution < 1.29 is 9.59 Å². The van der Waals surface area contributed by atoms with Gasteiger partial charge < -0.3 is 14.8 Å². The maximum atomic E-state index is 13.6. The first-order chi connectivity index (χ1) is 14.1. The number of benzene rings is 1. The van der Waals surface area contributed by atoms with E-state index < -0.39 is 6.04 Å². The van der Waals surface area contributed by atoms with Crippen molar-refractivity contribution in [1.82, 2.24) is 14.8 Å². The lowest BCUT2D eigenvalue weighted by Crippen LogP contribution is -2.53. The standard InChI is InChI=1S/C24H31N3O2/c1-25-23(29)21-15-19-9-3-4-10-20(19)17-27(21)22(28)16-24(11-5-2-6-12-24)18-26-13-7-8-14-26/h3-4,7-10,13-14,21H,2,5-6,11-12,15-18H2,1H3,(H,25,29). The lowest BCUT2D eigenvalue weighted by atomic mass is 9.71. The summed E-state index contributed by atoms with van der Waals surface area (Å²) in [6.45, 7) is 1.40. The Labute approximate surface area is 173 Å². The molecule has 1 atom stereocenters. The molecule has 1 N–H and O–H groups in total. The Morgan fingerprint density at radius 3 is 2.41 bits per heavy atom. The van der Waals surface area contributed by atoms with E-state index in [1.165, 1.54) is 24.8 Å². The fourth-order valence-corrected chi connectivity index (χ4v) is 5.16. The Kier molecular flexibility index (Phi) is 5.74. The summed E-state index contributed by atoms with van der Waals surface area (Å²) in [5.74, 6) is 0.0399. The van der Waals surface area contributed by atoms with Crippen LogP contribution in [-0.2, 0) is 29.1 Å². The van der Waals surface area contributed by atoms with Gasteiger partial charge in [0.05, 0.1) is 0 Å². The predicted molar refractivity (Wildman–Crippen MR) is 113 cm³/mol. The Bertz CT molecular complexity index is 853. The van der Waals surface area contributed by atoms with Crippen molar-refractivity contribution in [2.75, 3.05) is 7.05 Å². The van der Waals surface area contributed by atoms with Crippen molar-refractivity contribution >= 4 is 11.8 Å². The van der Waals surface area contributed by atoms with Crippen LogP contribution in [0.25, 0.3) is 0 Å². The molecule has 1 aliphatic heterocycles. The number of hydrogen-bond acceptors (Lipinski definition) is 2. The van der Waals surface area contributed by atoms with E-state index in [-0.39, 0.29) is 17.2 Å². The molecule has 0 saturated heterocycles. The lowest BCUT2D eigenvalue weighted by molar-refractivity contribution is -0.144. The van der Waals surface area contributed by atoms with Gasteiger partial charge in [0.15, 0.2) is 0 Å². The minimum Gasteiger partial charge on any atom is -0.357 e. The molecule has 5 nitrogen and oxygen atoms in total. The van der Waals surface area contributed by atoms with Crippen LogP contribution < -0.4 is 5.32 Å². The van der Waals surface area contributed by atoms with E-state index in [1.54, 1.807) is 7.05 Å². The molecule has 1 saturated carbocycles. The quantitative estimate of drug-likeness (QED) is 0.845. The molecule has 2 heterocycles. The smallest absolute Gasteiger partial charge is 0.242 e. The van der Waals surface area contributed by atoms with Gasteiger partial charge in [-0.3, -0.25) is 9.59 Å². The highest BCUT2D eigenvalue weighted by atomic mass is 16.2. The van der Waals surface area contributed by atoms with Gasteiger partial charge in [-0.05, 0) is 41.5 Å². The highest BCUT2D eigenvalue weighted by molar-refractivity contribution is 5.88. The van der Waals surface area contributed by atoms with Gasteiger partial charge in [-0.25, -0.2) is 0 Å². The first-order valence-corrected chi connectivity index (χ1v) is 10.8. The molecule has 0 radical (unpaired) electrons. The lowest BCUT2D eigenvalue weighted by Gasteiger charge is -2.41. The second kappa shape index (κ2) is 8.44. The van der Waals surface area contributed by atoms with Crippen molar-refractivity contribution in [3.63, 3.8) is 0 Å². The Balaban J connectivity index is 1.57. The summed E-state index contributed by atoms with van der Waals surface area (Å²) in [6.07, 6.45) is 11.0. The molecule has 29 heavy (non-hydrogen) atoms. The number of carbonyl (C=O) groups is 2. The molecular weight excluding hydrogens is 362 g/mol. The summed E-state index contributed by atoms with van der Waals surface area (Å²) in [5.41, 5.74) is 2.31. The average Bonchev–Trinajstić information content (AvgIpc) is 3.25. The minimum absolute atomic E-state index is 0.0153. The fraction of sp³-hybridized carbons (Fsp3) is 0.500. The number of hydrogen-bond donors (Lipinski definition) is 1. The number of carbonyl (C=O) groups excluding carboxylic acids is 2. The number of aromatic nitrogens is 1. The van der Waals surface area contributed by atoms with Crippen LogP contribution in [0.4, 0.5) is 0 Å². The molecule has 1 aromatic heterocycles. The largest absolute Gasteiger partial charge is 0.357 e. The van der Waals surface area contributed by atoms with Gasteiger partial charge in [0.25, 0.3) is 0 Å². The molecule has 0 spiro atoms. The molecule has 2 amide bonds. The summed E-state index contributed by atoms with van der Waals surface area (Å²) in [7, 11) is 1.65. The highest BCUT2D eigenvalue weighted by Crippen LogP contribution is 2.42. The molecular formula is C24H31N3O2. The van der Waals surface area contributed by atoms with Gasteiger partial charge in [0, 0.05) is 45.4 Å². The molecule has 1 aromatic carbocycles. The van der Waals surface area contributed by atoms with E-state index >= 15 is 0 Å². The molecule has 1 aliphatic carbocycles. The minimum atomic E-state index is -0.422. The third-order valence-electron chi connectivity index (χ3n) is 6.74. The zero-order valence-electron chi connectivity index (χ0n) is 17.3. The number of likely N-dealkylation sites (N-methyl/N-ethyl adjacent to an activating group) is 1. The van der Waals surface area contributed by atoms with E-state index in [2.05, 4.69) is 34.4 Å².